The van der Waals surface area contributed by atoms with E-state index in [-0.39, 0.29) is 5.56 Å². The van der Waals surface area contributed by atoms with Gasteiger partial charge in [0.15, 0.2) is 0 Å². The molecule has 0 unspecified atom stereocenters. The smallest absolute Gasteiger partial charge is 0.260 e. The number of aromatic amines is 1. The van der Waals surface area contributed by atoms with E-state index in [4.69, 9.17) is 0 Å². The molecule has 0 atom stereocenters. The molecule has 1 aromatic heterocycles. The fourth-order valence-electron chi connectivity index (χ4n) is 3.45. The molecule has 0 spiro atoms. The van der Waals surface area contributed by atoms with Gasteiger partial charge in [-0.25, -0.2) is 4.98 Å². The Morgan fingerprint density at radius 1 is 1.12 bits per heavy atom. The Labute approximate surface area is 153 Å². The third-order valence-electron chi connectivity index (χ3n) is 5.11. The number of nitrogens with one attached hydrogen (secondary N) is 2. The van der Waals surface area contributed by atoms with Crippen molar-refractivity contribution in [3.63, 3.8) is 0 Å². The van der Waals surface area contributed by atoms with Gasteiger partial charge < -0.3 is 5.32 Å². The van der Waals surface area contributed by atoms with Gasteiger partial charge in [0.2, 0.25) is 5.95 Å². The number of anilines is 2. The minimum absolute atomic E-state index is 0.131. The number of likely N-dealkylation sites (tertiary alicyclic amines) is 1. The number of piperidine rings is 1. The first kappa shape index (κ1) is 16.8. The molecular weight excluding hydrogens is 324 g/mol. The number of hydrogen-bond donors (Lipinski definition) is 2. The van der Waals surface area contributed by atoms with Gasteiger partial charge in [-0.05, 0) is 61.7 Å². The molecule has 3 aromatic rings. The minimum Gasteiger partial charge on any atom is -0.326 e. The number of benzene rings is 2. The van der Waals surface area contributed by atoms with Crippen molar-refractivity contribution in [1.29, 1.82) is 0 Å². The van der Waals surface area contributed by atoms with E-state index in [1.54, 1.807) is 6.07 Å². The molecular formula is C21H24N4O. The van der Waals surface area contributed by atoms with Crippen molar-refractivity contribution in [3.05, 3.63) is 64.4 Å². The highest BCUT2D eigenvalue weighted by Crippen LogP contribution is 2.20. The van der Waals surface area contributed by atoms with E-state index in [9.17, 15) is 4.79 Å². The zero-order chi connectivity index (χ0) is 17.9. The zero-order valence-corrected chi connectivity index (χ0v) is 15.0. The maximum Gasteiger partial charge on any atom is 0.260 e. The highest BCUT2D eigenvalue weighted by molar-refractivity contribution is 5.78. The van der Waals surface area contributed by atoms with Crippen LogP contribution in [0, 0.1) is 5.92 Å². The molecule has 2 heterocycles. The maximum atomic E-state index is 12.1. The van der Waals surface area contributed by atoms with Crippen LogP contribution in [0.1, 0.15) is 25.3 Å². The van der Waals surface area contributed by atoms with E-state index >= 15 is 0 Å². The molecule has 0 bridgehead atoms. The molecule has 1 fully saturated rings. The summed E-state index contributed by atoms with van der Waals surface area (Å²) in [5.74, 6) is 1.32. The number of rotatable bonds is 4. The third kappa shape index (κ3) is 3.78. The third-order valence-corrected chi connectivity index (χ3v) is 5.11. The molecule has 2 aromatic carbocycles. The highest BCUT2D eigenvalue weighted by atomic mass is 16.1. The molecule has 4 rings (SSSR count). The van der Waals surface area contributed by atoms with Crippen molar-refractivity contribution in [2.24, 2.45) is 5.92 Å². The number of fused-ring (bicyclic) bond motifs is 1. The number of aromatic nitrogens is 2. The van der Waals surface area contributed by atoms with Gasteiger partial charge in [0, 0.05) is 12.2 Å². The molecule has 1 aliphatic heterocycles. The Morgan fingerprint density at radius 2 is 1.85 bits per heavy atom. The summed E-state index contributed by atoms with van der Waals surface area (Å²) in [6, 6.07) is 15.7. The summed E-state index contributed by atoms with van der Waals surface area (Å²) >= 11 is 0. The van der Waals surface area contributed by atoms with E-state index in [0.29, 0.717) is 16.9 Å². The average molecular weight is 348 g/mol. The lowest BCUT2D eigenvalue weighted by atomic mass is 9.99. The predicted molar refractivity (Wildman–Crippen MR) is 106 cm³/mol. The van der Waals surface area contributed by atoms with E-state index in [2.05, 4.69) is 39.2 Å². The van der Waals surface area contributed by atoms with Gasteiger partial charge in [0.1, 0.15) is 0 Å². The van der Waals surface area contributed by atoms with Gasteiger partial charge in [-0.15, -0.1) is 0 Å². The Hall–Kier alpha value is -2.66. The van der Waals surface area contributed by atoms with Crippen molar-refractivity contribution < 1.29 is 0 Å². The van der Waals surface area contributed by atoms with Gasteiger partial charge >= 0.3 is 0 Å². The van der Waals surface area contributed by atoms with E-state index in [0.717, 1.165) is 18.2 Å². The fourth-order valence-corrected chi connectivity index (χ4v) is 3.45. The second-order valence-electron chi connectivity index (χ2n) is 7.21. The van der Waals surface area contributed by atoms with Crippen LogP contribution in [0.15, 0.2) is 53.3 Å². The average Bonchev–Trinajstić information content (AvgIpc) is 2.65. The van der Waals surface area contributed by atoms with Crippen LogP contribution in [0.25, 0.3) is 10.9 Å². The lowest BCUT2D eigenvalue weighted by Gasteiger charge is -2.30. The summed E-state index contributed by atoms with van der Waals surface area (Å²) < 4.78 is 0. The molecule has 0 aliphatic carbocycles. The summed E-state index contributed by atoms with van der Waals surface area (Å²) in [7, 11) is 0. The topological polar surface area (TPSA) is 61.0 Å². The summed E-state index contributed by atoms with van der Waals surface area (Å²) in [6.07, 6.45) is 2.58. The van der Waals surface area contributed by atoms with Gasteiger partial charge in [-0.2, -0.15) is 0 Å². The van der Waals surface area contributed by atoms with Crippen LogP contribution in [-0.4, -0.2) is 28.0 Å². The van der Waals surface area contributed by atoms with Crippen LogP contribution in [0.2, 0.25) is 0 Å². The van der Waals surface area contributed by atoms with Gasteiger partial charge in [-0.3, -0.25) is 14.7 Å². The van der Waals surface area contributed by atoms with Gasteiger partial charge in [-0.1, -0.05) is 31.2 Å². The van der Waals surface area contributed by atoms with Crippen LogP contribution in [0.5, 0.6) is 0 Å². The van der Waals surface area contributed by atoms with E-state index in [1.165, 1.54) is 31.5 Å². The van der Waals surface area contributed by atoms with Gasteiger partial charge in [0.25, 0.3) is 5.56 Å². The second kappa shape index (κ2) is 7.30. The van der Waals surface area contributed by atoms with Crippen molar-refractivity contribution >= 4 is 22.5 Å². The number of para-hydroxylation sites is 1. The quantitative estimate of drug-likeness (QED) is 0.751. The molecule has 0 amide bonds. The van der Waals surface area contributed by atoms with Crippen molar-refractivity contribution in [2.45, 2.75) is 26.3 Å². The Morgan fingerprint density at radius 3 is 2.62 bits per heavy atom. The number of H-pyrrole nitrogens is 1. The molecule has 5 nitrogen and oxygen atoms in total. The zero-order valence-electron chi connectivity index (χ0n) is 15.0. The number of hydrogen-bond acceptors (Lipinski definition) is 4. The molecule has 134 valence electrons. The van der Waals surface area contributed by atoms with Crippen molar-refractivity contribution in [2.75, 3.05) is 18.4 Å². The summed E-state index contributed by atoms with van der Waals surface area (Å²) in [6.45, 7) is 5.70. The molecule has 1 aliphatic rings. The second-order valence-corrected chi connectivity index (χ2v) is 7.21. The molecule has 1 saturated heterocycles. The largest absolute Gasteiger partial charge is 0.326 e. The van der Waals surface area contributed by atoms with E-state index < -0.39 is 0 Å². The first-order valence-electron chi connectivity index (χ1n) is 9.25. The van der Waals surface area contributed by atoms with Crippen LogP contribution >= 0.6 is 0 Å². The fraction of sp³-hybridized carbons (Fsp3) is 0.333. The SMILES string of the molecule is CC1CCN(Cc2ccc(Nc3nc4ccccc4c(=O)[nH]3)cc2)CC1. The summed E-state index contributed by atoms with van der Waals surface area (Å²) in [4.78, 5) is 21.9. The van der Waals surface area contributed by atoms with Crippen LogP contribution < -0.4 is 10.9 Å². The normalized spacial score (nSPS) is 16.0. The summed E-state index contributed by atoms with van der Waals surface area (Å²) in [5.41, 5.74) is 2.79. The highest BCUT2D eigenvalue weighted by Gasteiger charge is 2.15. The number of nitrogens with zero attached hydrogens (tertiary/aromatic N) is 2. The molecule has 0 saturated carbocycles. The molecule has 0 radical (unpaired) electrons. The Bertz CT molecular complexity index is 940. The Kier molecular flexibility index (Phi) is 4.71. The molecule has 5 heteroatoms. The summed E-state index contributed by atoms with van der Waals surface area (Å²) in [5, 5.41) is 3.79. The molecule has 2 N–H and O–H groups in total. The first-order chi connectivity index (χ1) is 12.7. The Balaban J connectivity index is 1.45. The van der Waals surface area contributed by atoms with Crippen molar-refractivity contribution in [1.82, 2.24) is 14.9 Å². The maximum absolute atomic E-state index is 12.1. The lowest BCUT2D eigenvalue weighted by Crippen LogP contribution is -2.32. The monoisotopic (exact) mass is 348 g/mol. The first-order valence-corrected chi connectivity index (χ1v) is 9.25. The van der Waals surface area contributed by atoms with E-state index in [1.807, 2.05) is 30.3 Å². The van der Waals surface area contributed by atoms with Crippen LogP contribution in [0.3, 0.4) is 0 Å². The minimum atomic E-state index is -0.131. The van der Waals surface area contributed by atoms with Crippen LogP contribution in [0.4, 0.5) is 11.6 Å². The van der Waals surface area contributed by atoms with Crippen LogP contribution in [-0.2, 0) is 6.54 Å². The predicted octanol–water partition coefficient (Wildman–Crippen LogP) is 3.90. The van der Waals surface area contributed by atoms with Crippen molar-refractivity contribution in [3.8, 4) is 0 Å². The standard InChI is InChI=1S/C21H24N4O/c1-15-10-12-25(13-11-15)14-16-6-8-17(9-7-16)22-21-23-19-5-3-2-4-18(19)20(26)24-21/h2-9,15H,10-14H2,1H3,(H2,22,23,24,26). The van der Waals surface area contributed by atoms with Gasteiger partial charge in [0.05, 0.1) is 10.9 Å². The molecule has 26 heavy (non-hydrogen) atoms. The lowest BCUT2D eigenvalue weighted by molar-refractivity contribution is 0.185.